The van der Waals surface area contributed by atoms with Crippen LogP contribution in [0.5, 0.6) is 0 Å². The number of benzene rings is 2. The van der Waals surface area contributed by atoms with Gasteiger partial charge in [0, 0.05) is 0 Å². The highest BCUT2D eigenvalue weighted by Crippen LogP contribution is 2.32. The zero-order chi connectivity index (χ0) is 18.4. The Hall–Kier alpha value is -2.46. The van der Waals surface area contributed by atoms with Crippen molar-refractivity contribution in [2.45, 2.75) is 26.7 Å². The second-order valence-corrected chi connectivity index (χ2v) is 7.29. The quantitative estimate of drug-likeness (QED) is 0.496. The highest BCUT2D eigenvalue weighted by atomic mass is 32.1. The number of carbonyl (C=O) groups excluding carboxylic acids is 1. The maximum absolute atomic E-state index is 11.9. The topological polar surface area (TPSA) is 39.2 Å². The molecule has 1 heterocycles. The number of aromatic nitrogens is 1. The lowest BCUT2D eigenvalue weighted by atomic mass is 10.00. The lowest BCUT2D eigenvalue weighted by Crippen LogP contribution is -2.14. The molecule has 0 N–H and O–H groups in total. The molecule has 0 saturated heterocycles. The first-order valence-electron chi connectivity index (χ1n) is 8.95. The van der Waals surface area contributed by atoms with Crippen LogP contribution in [0.15, 0.2) is 54.6 Å². The van der Waals surface area contributed by atoms with Gasteiger partial charge in [0.25, 0.3) is 0 Å². The molecule has 3 nitrogen and oxygen atoms in total. The molecule has 0 aliphatic heterocycles. The van der Waals surface area contributed by atoms with Crippen molar-refractivity contribution in [3.63, 3.8) is 0 Å². The molecule has 0 bridgehead atoms. The van der Waals surface area contributed by atoms with Gasteiger partial charge in [0.15, 0.2) is 0 Å². The maximum atomic E-state index is 11.9. The molecule has 134 valence electrons. The molecule has 1 atom stereocenters. The number of thiazole rings is 1. The van der Waals surface area contributed by atoms with Gasteiger partial charge in [0.05, 0.1) is 22.7 Å². The third-order valence-electron chi connectivity index (χ3n) is 4.24. The summed E-state index contributed by atoms with van der Waals surface area (Å²) >= 11 is 1.70. The highest BCUT2D eigenvalue weighted by Gasteiger charge is 2.16. The molecule has 26 heavy (non-hydrogen) atoms. The maximum Gasteiger partial charge on any atom is 0.308 e. The van der Waals surface area contributed by atoms with E-state index in [1.54, 1.807) is 11.3 Å². The Bertz CT molecular complexity index is 866. The van der Waals surface area contributed by atoms with Gasteiger partial charge < -0.3 is 4.74 Å². The van der Waals surface area contributed by atoms with E-state index in [1.165, 1.54) is 4.70 Å². The molecule has 3 aromatic rings. The number of carbonyl (C=O) groups is 1. The predicted molar refractivity (Wildman–Crippen MR) is 109 cm³/mol. The summed E-state index contributed by atoms with van der Waals surface area (Å²) in [5.41, 5.74) is 3.32. The molecule has 2 aromatic carbocycles. The smallest absolute Gasteiger partial charge is 0.308 e. The SMILES string of the molecule is CCOC(=O)C(C)CCC(=Cc1ccccc1)c1nc2ccccc2s1. The minimum absolute atomic E-state index is 0.122. The summed E-state index contributed by atoms with van der Waals surface area (Å²) in [5.74, 6) is -0.251. The standard InChI is InChI=1S/C22H23NO2S/c1-3-25-22(24)16(2)13-14-18(15-17-9-5-4-6-10-17)21-23-19-11-7-8-12-20(19)26-21/h4-12,15-16H,3,13-14H2,1-2H3. The van der Waals surface area contributed by atoms with E-state index in [-0.39, 0.29) is 11.9 Å². The molecule has 1 aromatic heterocycles. The molecular formula is C22H23NO2S. The van der Waals surface area contributed by atoms with Gasteiger partial charge in [0.1, 0.15) is 5.01 Å². The number of ether oxygens (including phenoxy) is 1. The van der Waals surface area contributed by atoms with E-state index in [4.69, 9.17) is 9.72 Å². The molecule has 0 saturated carbocycles. The summed E-state index contributed by atoms with van der Waals surface area (Å²) in [6, 6.07) is 18.4. The molecule has 3 rings (SSSR count). The van der Waals surface area contributed by atoms with Crippen molar-refractivity contribution in [3.8, 4) is 0 Å². The monoisotopic (exact) mass is 365 g/mol. The minimum Gasteiger partial charge on any atom is -0.466 e. The van der Waals surface area contributed by atoms with Crippen LogP contribution in [-0.2, 0) is 9.53 Å². The van der Waals surface area contributed by atoms with Crippen LogP contribution >= 0.6 is 11.3 Å². The van der Waals surface area contributed by atoms with Crippen LogP contribution in [0.25, 0.3) is 21.9 Å². The first kappa shape index (κ1) is 18.3. The summed E-state index contributed by atoms with van der Waals surface area (Å²) in [6.07, 6.45) is 3.71. The van der Waals surface area contributed by atoms with Crippen molar-refractivity contribution >= 4 is 39.2 Å². The van der Waals surface area contributed by atoms with Crippen LogP contribution in [0, 0.1) is 5.92 Å². The van der Waals surface area contributed by atoms with E-state index >= 15 is 0 Å². The van der Waals surface area contributed by atoms with Gasteiger partial charge in [-0.05, 0) is 49.1 Å². The summed E-state index contributed by atoms with van der Waals surface area (Å²) in [4.78, 5) is 16.7. The highest BCUT2D eigenvalue weighted by molar-refractivity contribution is 7.19. The van der Waals surface area contributed by atoms with Gasteiger partial charge in [-0.3, -0.25) is 4.79 Å². The fraction of sp³-hybridized carbons (Fsp3) is 0.273. The number of esters is 1. The lowest BCUT2D eigenvalue weighted by molar-refractivity contribution is -0.147. The van der Waals surface area contributed by atoms with E-state index in [9.17, 15) is 4.79 Å². The van der Waals surface area contributed by atoms with E-state index < -0.39 is 0 Å². The summed E-state index contributed by atoms with van der Waals surface area (Å²) in [5, 5.41) is 1.02. The Labute approximate surface area is 158 Å². The third kappa shape index (κ3) is 4.58. The average molecular weight is 365 g/mol. The fourth-order valence-corrected chi connectivity index (χ4v) is 3.78. The molecule has 0 spiro atoms. The van der Waals surface area contributed by atoms with E-state index in [2.05, 4.69) is 24.3 Å². The molecule has 0 amide bonds. The predicted octanol–water partition coefficient (Wildman–Crippen LogP) is 5.82. The first-order chi connectivity index (χ1) is 12.7. The number of hydrogen-bond donors (Lipinski definition) is 0. The van der Waals surface area contributed by atoms with Gasteiger partial charge in [-0.2, -0.15) is 0 Å². The van der Waals surface area contributed by atoms with E-state index in [0.717, 1.165) is 34.5 Å². The normalized spacial score (nSPS) is 12.9. The van der Waals surface area contributed by atoms with Crippen LogP contribution in [0.3, 0.4) is 0 Å². The zero-order valence-electron chi connectivity index (χ0n) is 15.1. The van der Waals surface area contributed by atoms with Crippen molar-refractivity contribution in [1.29, 1.82) is 0 Å². The van der Waals surface area contributed by atoms with Crippen molar-refractivity contribution < 1.29 is 9.53 Å². The molecule has 4 heteroatoms. The second-order valence-electron chi connectivity index (χ2n) is 6.26. The summed E-state index contributed by atoms with van der Waals surface area (Å²) < 4.78 is 6.32. The van der Waals surface area contributed by atoms with Crippen molar-refractivity contribution in [1.82, 2.24) is 4.98 Å². The third-order valence-corrected chi connectivity index (χ3v) is 5.36. The van der Waals surface area contributed by atoms with E-state index in [1.807, 2.05) is 50.2 Å². The van der Waals surface area contributed by atoms with Gasteiger partial charge in [0.2, 0.25) is 0 Å². The number of allylic oxidation sites excluding steroid dienone is 1. The van der Waals surface area contributed by atoms with E-state index in [0.29, 0.717) is 6.61 Å². The van der Waals surface area contributed by atoms with Gasteiger partial charge in [-0.15, -0.1) is 11.3 Å². The van der Waals surface area contributed by atoms with Gasteiger partial charge in [-0.1, -0.05) is 49.4 Å². The fourth-order valence-electron chi connectivity index (χ4n) is 2.78. The molecule has 0 radical (unpaired) electrons. The summed E-state index contributed by atoms with van der Waals surface area (Å²) in [6.45, 7) is 4.19. The Balaban J connectivity index is 1.87. The average Bonchev–Trinajstić information content (AvgIpc) is 3.10. The Kier molecular flexibility index (Phi) is 6.18. The molecule has 0 aliphatic rings. The van der Waals surface area contributed by atoms with Crippen LogP contribution in [0.1, 0.15) is 37.3 Å². The van der Waals surface area contributed by atoms with Crippen LogP contribution in [-0.4, -0.2) is 17.6 Å². The Morgan fingerprint density at radius 3 is 2.62 bits per heavy atom. The number of rotatable bonds is 7. The van der Waals surface area contributed by atoms with Gasteiger partial charge >= 0.3 is 5.97 Å². The zero-order valence-corrected chi connectivity index (χ0v) is 16.0. The van der Waals surface area contributed by atoms with Crippen LogP contribution < -0.4 is 0 Å². The number of fused-ring (bicyclic) bond motifs is 1. The lowest BCUT2D eigenvalue weighted by Gasteiger charge is -2.11. The van der Waals surface area contributed by atoms with Crippen LogP contribution in [0.2, 0.25) is 0 Å². The molecule has 0 aliphatic carbocycles. The second kappa shape index (κ2) is 8.77. The van der Waals surface area contributed by atoms with Crippen LogP contribution in [0.4, 0.5) is 0 Å². The molecular weight excluding hydrogens is 342 g/mol. The summed E-state index contributed by atoms with van der Waals surface area (Å²) in [7, 11) is 0. The molecule has 1 unspecified atom stereocenters. The number of nitrogens with zero attached hydrogens (tertiary/aromatic N) is 1. The largest absolute Gasteiger partial charge is 0.466 e. The Morgan fingerprint density at radius 2 is 1.88 bits per heavy atom. The van der Waals surface area contributed by atoms with Crippen molar-refractivity contribution in [2.75, 3.05) is 6.61 Å². The van der Waals surface area contributed by atoms with Gasteiger partial charge in [-0.25, -0.2) is 4.98 Å². The Morgan fingerprint density at radius 1 is 1.15 bits per heavy atom. The molecule has 0 fully saturated rings. The van der Waals surface area contributed by atoms with Crippen molar-refractivity contribution in [3.05, 3.63) is 65.2 Å². The first-order valence-corrected chi connectivity index (χ1v) is 9.77. The van der Waals surface area contributed by atoms with Crippen molar-refractivity contribution in [2.24, 2.45) is 5.92 Å². The number of para-hydroxylation sites is 1. The minimum atomic E-state index is -0.129. The number of hydrogen-bond acceptors (Lipinski definition) is 4.